The highest BCUT2D eigenvalue weighted by atomic mass is 16.6. The highest BCUT2D eigenvalue weighted by Gasteiger charge is 2.29. The van der Waals surface area contributed by atoms with Crippen molar-refractivity contribution in [2.24, 2.45) is 0 Å². The molecule has 6 nitrogen and oxygen atoms in total. The molecule has 1 aromatic carbocycles. The average Bonchev–Trinajstić information content (AvgIpc) is 2.83. The lowest BCUT2D eigenvalue weighted by Gasteiger charge is -2.24. The Morgan fingerprint density at radius 2 is 2.10 bits per heavy atom. The second-order valence-corrected chi connectivity index (χ2v) is 4.77. The summed E-state index contributed by atoms with van der Waals surface area (Å²) in [4.78, 5) is 12.0. The van der Waals surface area contributed by atoms with Gasteiger partial charge < -0.3 is 18.7 Å². The number of fused-ring (bicyclic) bond motifs is 1. The number of esters is 1. The Morgan fingerprint density at radius 1 is 1.33 bits per heavy atom. The lowest BCUT2D eigenvalue weighted by atomic mass is 10.2. The second kappa shape index (κ2) is 5.47. The van der Waals surface area contributed by atoms with Crippen molar-refractivity contribution in [1.29, 1.82) is 0 Å². The Kier molecular flexibility index (Phi) is 3.51. The number of hydrogen-bond acceptors (Lipinski definition) is 6. The highest BCUT2D eigenvalue weighted by molar-refractivity contribution is 5.76. The third-order valence-electron chi connectivity index (χ3n) is 3.31. The summed E-state index contributed by atoms with van der Waals surface area (Å²) in [6.45, 7) is 3.83. The number of benzene rings is 1. The first-order valence-electron chi connectivity index (χ1n) is 6.62. The van der Waals surface area contributed by atoms with E-state index in [0.29, 0.717) is 23.0 Å². The van der Waals surface area contributed by atoms with Crippen LogP contribution in [0.4, 0.5) is 0 Å². The fourth-order valence-corrected chi connectivity index (χ4v) is 2.08. The highest BCUT2D eigenvalue weighted by Crippen LogP contribution is 2.31. The minimum Gasteiger partial charge on any atom is -0.485 e. The number of aromatic nitrogens is 1. The van der Waals surface area contributed by atoms with E-state index in [0.717, 1.165) is 5.56 Å². The summed E-state index contributed by atoms with van der Waals surface area (Å²) in [6, 6.07) is 7.21. The summed E-state index contributed by atoms with van der Waals surface area (Å²) in [5, 5.41) is 3.81. The molecule has 0 unspecified atom stereocenters. The van der Waals surface area contributed by atoms with Crippen molar-refractivity contribution in [3.05, 3.63) is 41.3 Å². The van der Waals surface area contributed by atoms with Crippen molar-refractivity contribution in [2.45, 2.75) is 26.6 Å². The fraction of sp³-hybridized carbons (Fsp3) is 0.333. The molecule has 1 atom stereocenters. The van der Waals surface area contributed by atoms with Gasteiger partial charge in [-0.05, 0) is 26.0 Å². The molecule has 0 aliphatic carbocycles. The third kappa shape index (κ3) is 2.69. The van der Waals surface area contributed by atoms with E-state index in [4.69, 9.17) is 18.7 Å². The van der Waals surface area contributed by atoms with Gasteiger partial charge in [0.2, 0.25) is 6.10 Å². The predicted molar refractivity (Wildman–Crippen MR) is 72.1 cm³/mol. The van der Waals surface area contributed by atoms with Gasteiger partial charge in [-0.2, -0.15) is 0 Å². The van der Waals surface area contributed by atoms with E-state index in [1.54, 1.807) is 26.0 Å². The van der Waals surface area contributed by atoms with Gasteiger partial charge in [0, 0.05) is 0 Å². The third-order valence-corrected chi connectivity index (χ3v) is 3.31. The summed E-state index contributed by atoms with van der Waals surface area (Å²) in [5.41, 5.74) is 1.49. The Labute approximate surface area is 121 Å². The number of nitrogens with zero attached hydrogens (tertiary/aromatic N) is 1. The molecule has 1 aliphatic heterocycles. The molecule has 1 aliphatic rings. The van der Waals surface area contributed by atoms with E-state index in [-0.39, 0.29) is 13.2 Å². The molecule has 0 saturated carbocycles. The van der Waals surface area contributed by atoms with Crippen LogP contribution in [0.25, 0.3) is 0 Å². The van der Waals surface area contributed by atoms with Gasteiger partial charge in [-0.3, -0.25) is 0 Å². The minimum absolute atomic E-state index is 0.113. The van der Waals surface area contributed by atoms with Crippen LogP contribution < -0.4 is 9.47 Å². The molecule has 0 N–H and O–H groups in total. The zero-order valence-electron chi connectivity index (χ0n) is 11.8. The lowest BCUT2D eigenvalue weighted by Crippen LogP contribution is -2.37. The number of hydrogen-bond donors (Lipinski definition) is 0. The SMILES string of the molecule is Cc1noc(C)c1COC(=O)[C@H]1COc2ccccc2O1. The number of rotatable bonds is 3. The van der Waals surface area contributed by atoms with Gasteiger partial charge in [-0.15, -0.1) is 0 Å². The molecular formula is C15H15NO5. The number of carbonyl (C=O) groups is 1. The molecule has 2 aromatic rings. The first-order valence-corrected chi connectivity index (χ1v) is 6.62. The standard InChI is InChI=1S/C15H15NO5/c1-9-11(10(2)21-16-9)7-19-15(17)14-8-18-12-5-3-4-6-13(12)20-14/h3-6,14H,7-8H2,1-2H3/t14-/m1/s1. The zero-order valence-corrected chi connectivity index (χ0v) is 11.8. The van der Waals surface area contributed by atoms with Crippen LogP contribution in [0.5, 0.6) is 11.5 Å². The van der Waals surface area contributed by atoms with Gasteiger partial charge in [0.25, 0.3) is 0 Å². The largest absolute Gasteiger partial charge is 0.485 e. The van der Waals surface area contributed by atoms with E-state index in [1.807, 2.05) is 12.1 Å². The molecule has 1 aromatic heterocycles. The van der Waals surface area contributed by atoms with Crippen LogP contribution in [-0.4, -0.2) is 23.8 Å². The summed E-state index contributed by atoms with van der Waals surface area (Å²) in [7, 11) is 0. The summed E-state index contributed by atoms with van der Waals surface area (Å²) >= 11 is 0. The van der Waals surface area contributed by atoms with Crippen LogP contribution >= 0.6 is 0 Å². The van der Waals surface area contributed by atoms with Crippen LogP contribution in [-0.2, 0) is 16.1 Å². The van der Waals surface area contributed by atoms with Crippen molar-refractivity contribution in [3.63, 3.8) is 0 Å². The fourth-order valence-electron chi connectivity index (χ4n) is 2.08. The molecule has 0 spiro atoms. The van der Waals surface area contributed by atoms with Gasteiger partial charge in [0.05, 0.1) is 11.3 Å². The molecule has 2 heterocycles. The van der Waals surface area contributed by atoms with Crippen molar-refractivity contribution in [2.75, 3.05) is 6.61 Å². The molecular weight excluding hydrogens is 274 g/mol. The Bertz CT molecular complexity index is 644. The average molecular weight is 289 g/mol. The number of carbonyl (C=O) groups excluding carboxylic acids is 1. The molecule has 0 radical (unpaired) electrons. The van der Waals surface area contributed by atoms with Crippen LogP contribution in [0.3, 0.4) is 0 Å². The maximum Gasteiger partial charge on any atom is 0.351 e. The maximum atomic E-state index is 12.0. The van der Waals surface area contributed by atoms with Gasteiger partial charge in [-0.1, -0.05) is 17.3 Å². The lowest BCUT2D eigenvalue weighted by molar-refractivity contribution is -0.155. The van der Waals surface area contributed by atoms with Crippen molar-refractivity contribution >= 4 is 5.97 Å². The normalized spacial score (nSPS) is 16.6. The second-order valence-electron chi connectivity index (χ2n) is 4.77. The van der Waals surface area contributed by atoms with E-state index < -0.39 is 12.1 Å². The van der Waals surface area contributed by atoms with E-state index in [9.17, 15) is 4.79 Å². The van der Waals surface area contributed by atoms with Gasteiger partial charge in [0.15, 0.2) is 11.5 Å². The maximum absolute atomic E-state index is 12.0. The molecule has 110 valence electrons. The van der Waals surface area contributed by atoms with Crippen molar-refractivity contribution in [3.8, 4) is 11.5 Å². The molecule has 0 saturated heterocycles. The van der Waals surface area contributed by atoms with E-state index in [1.165, 1.54) is 0 Å². The molecule has 0 amide bonds. The van der Waals surface area contributed by atoms with Crippen LogP contribution in [0.1, 0.15) is 17.0 Å². The molecule has 0 fully saturated rings. The predicted octanol–water partition coefficient (Wildman–Crippen LogP) is 2.17. The first kappa shape index (κ1) is 13.5. The molecule has 21 heavy (non-hydrogen) atoms. The monoisotopic (exact) mass is 289 g/mol. The molecule has 3 rings (SSSR count). The van der Waals surface area contributed by atoms with Crippen molar-refractivity contribution < 1.29 is 23.5 Å². The quantitative estimate of drug-likeness (QED) is 0.806. The van der Waals surface area contributed by atoms with Crippen molar-refractivity contribution in [1.82, 2.24) is 5.16 Å². The van der Waals surface area contributed by atoms with E-state index >= 15 is 0 Å². The number of para-hydroxylation sites is 2. The molecule has 6 heteroatoms. The zero-order chi connectivity index (χ0) is 14.8. The summed E-state index contributed by atoms with van der Waals surface area (Å²) in [6.07, 6.45) is -0.764. The smallest absolute Gasteiger partial charge is 0.351 e. The first-order chi connectivity index (χ1) is 10.1. The van der Waals surface area contributed by atoms with Gasteiger partial charge in [0.1, 0.15) is 19.0 Å². The van der Waals surface area contributed by atoms with E-state index in [2.05, 4.69) is 5.16 Å². The number of ether oxygens (including phenoxy) is 3. The molecule has 0 bridgehead atoms. The van der Waals surface area contributed by atoms with Gasteiger partial charge in [-0.25, -0.2) is 4.79 Å². The minimum atomic E-state index is -0.764. The van der Waals surface area contributed by atoms with Crippen LogP contribution in [0.2, 0.25) is 0 Å². The Balaban J connectivity index is 1.62. The summed E-state index contributed by atoms with van der Waals surface area (Å²) < 4.78 is 21.4. The van der Waals surface area contributed by atoms with Crippen LogP contribution in [0.15, 0.2) is 28.8 Å². The Morgan fingerprint density at radius 3 is 2.81 bits per heavy atom. The number of aryl methyl sites for hydroxylation is 2. The van der Waals surface area contributed by atoms with Gasteiger partial charge >= 0.3 is 5.97 Å². The summed E-state index contributed by atoms with van der Waals surface area (Å²) in [5.74, 6) is 1.35. The topological polar surface area (TPSA) is 70.8 Å². The van der Waals surface area contributed by atoms with Crippen LogP contribution in [0, 0.1) is 13.8 Å². The Hall–Kier alpha value is -2.50.